The van der Waals surface area contributed by atoms with Gasteiger partial charge in [-0.25, -0.2) is 12.8 Å². The third kappa shape index (κ3) is 2.91. The summed E-state index contributed by atoms with van der Waals surface area (Å²) < 4.78 is 39.7. The highest BCUT2D eigenvalue weighted by atomic mass is 32.2. The van der Waals surface area contributed by atoms with Crippen molar-refractivity contribution in [2.24, 2.45) is 5.73 Å². The third-order valence-electron chi connectivity index (χ3n) is 2.45. The SMILES string of the molecule is N=C(N)c1cc(NS(=O)(=O)c2cccnc2)ccc1F. The molecular weight excluding hydrogens is 283 g/mol. The van der Waals surface area contributed by atoms with Gasteiger partial charge in [0, 0.05) is 18.1 Å². The molecule has 0 aliphatic carbocycles. The smallest absolute Gasteiger partial charge is 0.263 e. The average Bonchev–Trinajstić information content (AvgIpc) is 2.41. The summed E-state index contributed by atoms with van der Waals surface area (Å²) in [6, 6.07) is 6.31. The van der Waals surface area contributed by atoms with Crippen molar-refractivity contribution in [3.8, 4) is 0 Å². The van der Waals surface area contributed by atoms with Crippen molar-refractivity contribution in [2.75, 3.05) is 4.72 Å². The minimum absolute atomic E-state index is 0.0197. The third-order valence-corrected chi connectivity index (χ3v) is 3.82. The first-order valence-electron chi connectivity index (χ1n) is 5.47. The Morgan fingerprint density at radius 1 is 1.35 bits per heavy atom. The summed E-state index contributed by atoms with van der Waals surface area (Å²) >= 11 is 0. The van der Waals surface area contributed by atoms with Gasteiger partial charge >= 0.3 is 0 Å². The van der Waals surface area contributed by atoms with E-state index in [0.29, 0.717) is 0 Å². The number of nitrogens with one attached hydrogen (secondary N) is 2. The molecule has 1 aromatic carbocycles. The highest BCUT2D eigenvalue weighted by Gasteiger charge is 2.15. The average molecular weight is 294 g/mol. The van der Waals surface area contributed by atoms with Gasteiger partial charge in [-0.1, -0.05) is 0 Å². The van der Waals surface area contributed by atoms with Crippen molar-refractivity contribution in [3.05, 3.63) is 54.1 Å². The van der Waals surface area contributed by atoms with E-state index in [2.05, 4.69) is 9.71 Å². The molecule has 0 amide bonds. The second-order valence-electron chi connectivity index (χ2n) is 3.90. The van der Waals surface area contributed by atoms with Crippen LogP contribution < -0.4 is 10.5 Å². The Labute approximate surface area is 115 Å². The number of amidine groups is 1. The molecule has 4 N–H and O–H groups in total. The zero-order chi connectivity index (χ0) is 14.8. The van der Waals surface area contributed by atoms with Crippen LogP contribution in [-0.4, -0.2) is 19.2 Å². The van der Waals surface area contributed by atoms with E-state index in [1.165, 1.54) is 30.6 Å². The molecule has 0 saturated carbocycles. The fraction of sp³-hybridized carbons (Fsp3) is 0. The number of nitrogens with two attached hydrogens (primary N) is 1. The monoisotopic (exact) mass is 294 g/mol. The predicted molar refractivity (Wildman–Crippen MR) is 72.5 cm³/mol. The van der Waals surface area contributed by atoms with E-state index in [9.17, 15) is 12.8 Å². The van der Waals surface area contributed by atoms with Gasteiger partial charge < -0.3 is 5.73 Å². The molecule has 0 spiro atoms. The minimum Gasteiger partial charge on any atom is -0.384 e. The van der Waals surface area contributed by atoms with Crippen LogP contribution >= 0.6 is 0 Å². The first-order chi connectivity index (χ1) is 9.40. The number of sulfonamides is 1. The van der Waals surface area contributed by atoms with Crippen LogP contribution in [0.3, 0.4) is 0 Å². The second kappa shape index (κ2) is 5.25. The number of rotatable bonds is 4. The summed E-state index contributed by atoms with van der Waals surface area (Å²) in [4.78, 5) is 3.70. The Morgan fingerprint density at radius 3 is 2.70 bits per heavy atom. The number of pyridine rings is 1. The quantitative estimate of drug-likeness (QED) is 0.583. The van der Waals surface area contributed by atoms with Crippen LogP contribution in [0.1, 0.15) is 5.56 Å². The van der Waals surface area contributed by atoms with Crippen molar-refractivity contribution >= 4 is 21.5 Å². The van der Waals surface area contributed by atoms with E-state index < -0.39 is 21.7 Å². The summed E-state index contributed by atoms with van der Waals surface area (Å²) in [7, 11) is -3.81. The second-order valence-corrected chi connectivity index (χ2v) is 5.58. The van der Waals surface area contributed by atoms with Crippen molar-refractivity contribution in [3.63, 3.8) is 0 Å². The van der Waals surface area contributed by atoms with Crippen LogP contribution in [0.2, 0.25) is 0 Å². The zero-order valence-corrected chi connectivity index (χ0v) is 11.0. The molecule has 0 fully saturated rings. The normalized spacial score (nSPS) is 11.1. The molecule has 0 aliphatic heterocycles. The Balaban J connectivity index is 2.36. The number of nitrogen functional groups attached to an aromatic ring is 1. The van der Waals surface area contributed by atoms with E-state index in [0.717, 1.165) is 12.1 Å². The van der Waals surface area contributed by atoms with Crippen molar-refractivity contribution in [1.29, 1.82) is 5.41 Å². The molecule has 0 unspecified atom stereocenters. The molecule has 0 aliphatic rings. The van der Waals surface area contributed by atoms with E-state index in [1.54, 1.807) is 0 Å². The molecule has 104 valence electrons. The van der Waals surface area contributed by atoms with Gasteiger partial charge in [0.25, 0.3) is 10.0 Å². The summed E-state index contributed by atoms with van der Waals surface area (Å²) in [6.07, 6.45) is 2.64. The van der Waals surface area contributed by atoms with Gasteiger partial charge in [-0.15, -0.1) is 0 Å². The fourth-order valence-electron chi connectivity index (χ4n) is 1.52. The van der Waals surface area contributed by atoms with Crippen molar-refractivity contribution < 1.29 is 12.8 Å². The summed E-state index contributed by atoms with van der Waals surface area (Å²) in [5, 5.41) is 7.22. The number of anilines is 1. The van der Waals surface area contributed by atoms with Gasteiger partial charge in [0.1, 0.15) is 16.5 Å². The molecule has 0 radical (unpaired) electrons. The van der Waals surface area contributed by atoms with Crippen LogP contribution in [0.15, 0.2) is 47.6 Å². The lowest BCUT2D eigenvalue weighted by molar-refractivity contribution is 0.600. The highest BCUT2D eigenvalue weighted by Crippen LogP contribution is 2.18. The molecular formula is C12H11FN4O2S. The largest absolute Gasteiger partial charge is 0.384 e. The Morgan fingerprint density at radius 2 is 2.10 bits per heavy atom. The van der Waals surface area contributed by atoms with E-state index in [4.69, 9.17) is 11.1 Å². The first-order valence-corrected chi connectivity index (χ1v) is 6.95. The van der Waals surface area contributed by atoms with E-state index in [-0.39, 0.29) is 16.1 Å². The molecule has 2 rings (SSSR count). The number of hydrogen-bond acceptors (Lipinski definition) is 4. The molecule has 8 heteroatoms. The lowest BCUT2D eigenvalue weighted by atomic mass is 10.2. The van der Waals surface area contributed by atoms with Crippen molar-refractivity contribution in [2.45, 2.75) is 4.90 Å². The molecule has 0 bridgehead atoms. The lowest BCUT2D eigenvalue weighted by Crippen LogP contribution is -2.16. The molecule has 6 nitrogen and oxygen atoms in total. The van der Waals surface area contributed by atoms with Crippen molar-refractivity contribution in [1.82, 2.24) is 4.98 Å². The maximum Gasteiger partial charge on any atom is 0.263 e. The minimum atomic E-state index is -3.81. The zero-order valence-electron chi connectivity index (χ0n) is 10.2. The fourth-order valence-corrected chi connectivity index (χ4v) is 2.53. The first kappa shape index (κ1) is 13.9. The molecule has 1 aromatic heterocycles. The summed E-state index contributed by atoms with van der Waals surface area (Å²) in [6.45, 7) is 0. The Kier molecular flexibility index (Phi) is 3.66. The van der Waals surface area contributed by atoms with Crippen LogP contribution in [0.25, 0.3) is 0 Å². The molecule has 1 heterocycles. The summed E-state index contributed by atoms with van der Waals surface area (Å²) in [5.74, 6) is -1.17. The molecule has 0 atom stereocenters. The van der Waals surface area contributed by atoms with Gasteiger partial charge in [0.2, 0.25) is 0 Å². The standard InChI is InChI=1S/C12H11FN4O2S/c13-11-4-3-8(6-10(11)12(14)15)17-20(18,19)9-2-1-5-16-7-9/h1-7,17H,(H3,14,15). The Hall–Kier alpha value is -2.48. The van der Waals surface area contributed by atoms with Crippen LogP contribution in [0, 0.1) is 11.2 Å². The van der Waals surface area contributed by atoms with Gasteiger partial charge in [-0.3, -0.25) is 15.1 Å². The highest BCUT2D eigenvalue weighted by molar-refractivity contribution is 7.92. The van der Waals surface area contributed by atoms with E-state index >= 15 is 0 Å². The summed E-state index contributed by atoms with van der Waals surface area (Å²) in [5.41, 5.74) is 5.16. The number of nitrogens with zero attached hydrogens (tertiary/aromatic N) is 1. The predicted octanol–water partition coefficient (Wildman–Crippen LogP) is 1.31. The van der Waals surface area contributed by atoms with Gasteiger partial charge in [0.05, 0.1) is 5.56 Å². The lowest BCUT2D eigenvalue weighted by Gasteiger charge is -2.09. The molecule has 20 heavy (non-hydrogen) atoms. The maximum atomic E-state index is 13.4. The van der Waals surface area contributed by atoms with E-state index in [1.807, 2.05) is 0 Å². The number of aromatic nitrogens is 1. The molecule has 0 saturated heterocycles. The number of benzene rings is 1. The van der Waals surface area contributed by atoms with Crippen LogP contribution in [0.5, 0.6) is 0 Å². The number of hydrogen-bond donors (Lipinski definition) is 3. The topological polar surface area (TPSA) is 109 Å². The van der Waals surface area contributed by atoms with Gasteiger partial charge in [-0.2, -0.15) is 0 Å². The van der Waals surface area contributed by atoms with Gasteiger partial charge in [0.15, 0.2) is 0 Å². The number of halogens is 1. The van der Waals surface area contributed by atoms with Crippen LogP contribution in [0.4, 0.5) is 10.1 Å². The van der Waals surface area contributed by atoms with Crippen LogP contribution in [-0.2, 0) is 10.0 Å². The Bertz CT molecular complexity index is 747. The molecule has 2 aromatic rings. The maximum absolute atomic E-state index is 13.4. The van der Waals surface area contributed by atoms with Gasteiger partial charge in [-0.05, 0) is 30.3 Å².